The van der Waals surface area contributed by atoms with Crippen molar-refractivity contribution in [2.24, 2.45) is 5.73 Å². The monoisotopic (exact) mass is 394 g/mol. The molecule has 25 heavy (non-hydrogen) atoms. The molecule has 0 spiro atoms. The van der Waals surface area contributed by atoms with E-state index in [9.17, 15) is 14.4 Å². The Labute approximate surface area is 155 Å². The highest BCUT2D eigenvalue weighted by Gasteiger charge is 2.20. The summed E-state index contributed by atoms with van der Waals surface area (Å²) in [7, 11) is 0. The highest BCUT2D eigenvalue weighted by Crippen LogP contribution is 2.35. The second kappa shape index (κ2) is 7.22. The SMILES string of the molecule is NC(=O)c1ccsc1NC(=O)COC(=O)c1sc2ccccc2c1Cl. The molecule has 9 heteroatoms. The van der Waals surface area contributed by atoms with E-state index >= 15 is 0 Å². The van der Waals surface area contributed by atoms with Gasteiger partial charge in [-0.05, 0) is 17.5 Å². The number of hydrogen-bond acceptors (Lipinski definition) is 6. The van der Waals surface area contributed by atoms with Crippen LogP contribution in [0.3, 0.4) is 0 Å². The third-order valence-corrected chi connectivity index (χ3v) is 5.72. The minimum absolute atomic E-state index is 0.206. The second-order valence-corrected chi connectivity index (χ2v) is 7.24. The number of carbonyl (C=O) groups excluding carboxylic acids is 3. The summed E-state index contributed by atoms with van der Waals surface area (Å²) in [6.45, 7) is -0.500. The molecule has 2 amide bonds. The van der Waals surface area contributed by atoms with E-state index in [2.05, 4.69) is 5.32 Å². The standard InChI is InChI=1S/C16H11ClN2O4S2/c17-12-8-3-1-2-4-10(8)25-13(12)16(22)23-7-11(20)19-15-9(14(18)21)5-6-24-15/h1-6H,7H2,(H2,18,21)(H,19,20). The molecule has 3 rings (SSSR count). The lowest BCUT2D eigenvalue weighted by molar-refractivity contribution is -0.119. The fraction of sp³-hybridized carbons (Fsp3) is 0.0625. The average molecular weight is 395 g/mol. The molecule has 6 nitrogen and oxygen atoms in total. The summed E-state index contributed by atoms with van der Waals surface area (Å²) in [6, 6.07) is 8.82. The van der Waals surface area contributed by atoms with Gasteiger partial charge in [-0.25, -0.2) is 4.79 Å². The summed E-state index contributed by atoms with van der Waals surface area (Å²) in [5.41, 5.74) is 5.41. The summed E-state index contributed by atoms with van der Waals surface area (Å²) in [5, 5.41) is 5.49. The Morgan fingerprint density at radius 1 is 1.20 bits per heavy atom. The average Bonchev–Trinajstić information content (AvgIpc) is 3.18. The molecule has 2 heterocycles. The van der Waals surface area contributed by atoms with E-state index in [1.54, 1.807) is 11.4 Å². The number of hydrogen-bond donors (Lipinski definition) is 2. The van der Waals surface area contributed by atoms with Crippen molar-refractivity contribution in [3.63, 3.8) is 0 Å². The van der Waals surface area contributed by atoms with Crippen LogP contribution in [0.4, 0.5) is 5.00 Å². The fourth-order valence-electron chi connectivity index (χ4n) is 2.10. The number of halogens is 1. The van der Waals surface area contributed by atoms with Crippen LogP contribution in [-0.4, -0.2) is 24.4 Å². The van der Waals surface area contributed by atoms with Crippen LogP contribution in [0.5, 0.6) is 0 Å². The maximum atomic E-state index is 12.2. The number of fused-ring (bicyclic) bond motifs is 1. The number of nitrogens with two attached hydrogens (primary N) is 1. The van der Waals surface area contributed by atoms with Crippen molar-refractivity contribution in [1.82, 2.24) is 0 Å². The lowest BCUT2D eigenvalue weighted by Crippen LogP contribution is -2.22. The molecule has 3 N–H and O–H groups in total. The van der Waals surface area contributed by atoms with E-state index in [4.69, 9.17) is 22.1 Å². The van der Waals surface area contributed by atoms with Crippen molar-refractivity contribution < 1.29 is 19.1 Å². The Kier molecular flexibility index (Phi) is 5.03. The summed E-state index contributed by atoms with van der Waals surface area (Å²) >= 11 is 8.55. The van der Waals surface area contributed by atoms with Gasteiger partial charge in [0.05, 0.1) is 10.6 Å². The smallest absolute Gasteiger partial charge is 0.350 e. The molecule has 1 aromatic carbocycles. The lowest BCUT2D eigenvalue weighted by atomic mass is 10.2. The minimum atomic E-state index is -0.678. The number of primary amides is 1. The van der Waals surface area contributed by atoms with Crippen LogP contribution in [0.2, 0.25) is 5.02 Å². The van der Waals surface area contributed by atoms with Gasteiger partial charge in [-0.3, -0.25) is 9.59 Å². The van der Waals surface area contributed by atoms with Crippen LogP contribution in [0.1, 0.15) is 20.0 Å². The van der Waals surface area contributed by atoms with E-state index < -0.39 is 24.4 Å². The van der Waals surface area contributed by atoms with Crippen LogP contribution in [0.25, 0.3) is 10.1 Å². The van der Waals surface area contributed by atoms with Crippen LogP contribution in [0, 0.1) is 0 Å². The first-order chi connectivity index (χ1) is 12.0. The maximum absolute atomic E-state index is 12.2. The molecule has 0 saturated carbocycles. The van der Waals surface area contributed by atoms with Gasteiger partial charge < -0.3 is 15.8 Å². The molecule has 0 unspecified atom stereocenters. The molecule has 0 fully saturated rings. The van der Waals surface area contributed by atoms with Gasteiger partial charge in [0, 0.05) is 10.1 Å². The number of amides is 2. The second-order valence-electron chi connectivity index (χ2n) is 4.89. The van der Waals surface area contributed by atoms with Crippen LogP contribution in [0.15, 0.2) is 35.7 Å². The zero-order chi connectivity index (χ0) is 18.0. The van der Waals surface area contributed by atoms with Crippen molar-refractivity contribution >= 4 is 67.1 Å². The number of esters is 1. The molecule has 0 radical (unpaired) electrons. The number of rotatable bonds is 5. The Bertz CT molecular complexity index is 980. The molecule has 0 aliphatic carbocycles. The van der Waals surface area contributed by atoms with Gasteiger partial charge in [-0.15, -0.1) is 22.7 Å². The van der Waals surface area contributed by atoms with Gasteiger partial charge in [0.1, 0.15) is 9.88 Å². The van der Waals surface area contributed by atoms with Gasteiger partial charge in [-0.2, -0.15) is 0 Å². The largest absolute Gasteiger partial charge is 0.451 e. The number of ether oxygens (including phenoxy) is 1. The van der Waals surface area contributed by atoms with E-state index in [1.165, 1.54) is 17.4 Å². The quantitative estimate of drug-likeness (QED) is 0.647. The Balaban J connectivity index is 1.65. The number of anilines is 1. The minimum Gasteiger partial charge on any atom is -0.451 e. The van der Waals surface area contributed by atoms with E-state index in [0.717, 1.165) is 21.4 Å². The topological polar surface area (TPSA) is 98.5 Å². The third kappa shape index (κ3) is 3.65. The van der Waals surface area contributed by atoms with Crippen LogP contribution in [-0.2, 0) is 9.53 Å². The van der Waals surface area contributed by atoms with E-state index in [0.29, 0.717) is 10.0 Å². The number of carbonyl (C=O) groups is 3. The van der Waals surface area contributed by atoms with Crippen molar-refractivity contribution in [3.8, 4) is 0 Å². The number of thiophene rings is 2. The van der Waals surface area contributed by atoms with Gasteiger partial charge in [-0.1, -0.05) is 29.8 Å². The Morgan fingerprint density at radius 3 is 2.68 bits per heavy atom. The van der Waals surface area contributed by atoms with Gasteiger partial charge >= 0.3 is 5.97 Å². The highest BCUT2D eigenvalue weighted by atomic mass is 35.5. The fourth-order valence-corrected chi connectivity index (χ4v) is 4.32. The molecular formula is C16H11ClN2O4S2. The van der Waals surface area contributed by atoms with Crippen LogP contribution >= 0.6 is 34.3 Å². The first-order valence-corrected chi connectivity index (χ1v) is 9.06. The molecule has 0 aliphatic rings. The zero-order valence-electron chi connectivity index (χ0n) is 12.6. The summed E-state index contributed by atoms with van der Waals surface area (Å²) in [4.78, 5) is 35.5. The van der Waals surface area contributed by atoms with Gasteiger partial charge in [0.2, 0.25) is 0 Å². The van der Waals surface area contributed by atoms with Crippen molar-refractivity contribution in [2.45, 2.75) is 0 Å². The summed E-state index contributed by atoms with van der Waals surface area (Å²) in [6.07, 6.45) is 0. The molecular weight excluding hydrogens is 384 g/mol. The molecule has 0 saturated heterocycles. The number of nitrogens with one attached hydrogen (secondary N) is 1. The predicted octanol–water partition coefficient (Wildman–Crippen LogP) is 3.51. The summed E-state index contributed by atoms with van der Waals surface area (Å²) in [5.74, 6) is -1.90. The molecule has 2 aromatic heterocycles. The van der Waals surface area contributed by atoms with E-state index in [1.807, 2.05) is 18.2 Å². The first-order valence-electron chi connectivity index (χ1n) is 6.98. The Hall–Kier alpha value is -2.42. The van der Waals surface area contributed by atoms with Crippen molar-refractivity contribution in [2.75, 3.05) is 11.9 Å². The zero-order valence-corrected chi connectivity index (χ0v) is 15.0. The number of benzene rings is 1. The van der Waals surface area contributed by atoms with Crippen LogP contribution < -0.4 is 11.1 Å². The molecule has 0 aliphatic heterocycles. The first kappa shape index (κ1) is 17.4. The molecule has 0 atom stereocenters. The molecule has 3 aromatic rings. The predicted molar refractivity (Wildman–Crippen MR) is 98.6 cm³/mol. The Morgan fingerprint density at radius 2 is 1.96 bits per heavy atom. The molecule has 0 bridgehead atoms. The van der Waals surface area contributed by atoms with Gasteiger partial charge in [0.15, 0.2) is 6.61 Å². The molecule has 128 valence electrons. The summed E-state index contributed by atoms with van der Waals surface area (Å²) < 4.78 is 5.87. The van der Waals surface area contributed by atoms with Gasteiger partial charge in [0.25, 0.3) is 11.8 Å². The highest BCUT2D eigenvalue weighted by molar-refractivity contribution is 7.21. The van der Waals surface area contributed by atoms with Crippen molar-refractivity contribution in [3.05, 3.63) is 51.2 Å². The van der Waals surface area contributed by atoms with E-state index in [-0.39, 0.29) is 10.4 Å². The lowest BCUT2D eigenvalue weighted by Gasteiger charge is -2.05. The normalized spacial score (nSPS) is 10.6. The third-order valence-electron chi connectivity index (χ3n) is 3.24. The van der Waals surface area contributed by atoms with Crippen molar-refractivity contribution in [1.29, 1.82) is 0 Å². The maximum Gasteiger partial charge on any atom is 0.350 e.